The summed E-state index contributed by atoms with van der Waals surface area (Å²) in [5.41, 5.74) is 9.23. The fraction of sp³-hybridized carbons (Fsp3) is 0.346. The number of hydrogen-bond acceptors (Lipinski definition) is 7. The molecule has 0 aliphatic heterocycles. The summed E-state index contributed by atoms with van der Waals surface area (Å²) < 4.78 is 11.7. The van der Waals surface area contributed by atoms with Crippen molar-refractivity contribution in [2.24, 2.45) is 5.73 Å². The number of aromatic nitrogens is 2. The molecule has 8 nitrogen and oxygen atoms in total. The SMILES string of the molecule is COc1ccc(CNc2cc(-c3ccc(C[C@H](N)C(=O)O)cc3)ncn2)cc1OC1CCCC1. The summed E-state index contributed by atoms with van der Waals surface area (Å²) in [6.07, 6.45) is 6.65. The van der Waals surface area contributed by atoms with Crippen LogP contribution in [0.15, 0.2) is 54.9 Å². The normalized spacial score (nSPS) is 14.5. The van der Waals surface area contributed by atoms with Gasteiger partial charge in [-0.3, -0.25) is 4.79 Å². The fourth-order valence-corrected chi connectivity index (χ4v) is 4.07. The minimum Gasteiger partial charge on any atom is -0.493 e. The number of nitrogens with zero attached hydrogens (tertiary/aromatic N) is 2. The zero-order chi connectivity index (χ0) is 23.9. The Labute approximate surface area is 199 Å². The Kier molecular flexibility index (Phi) is 7.59. The van der Waals surface area contributed by atoms with Gasteiger partial charge in [-0.15, -0.1) is 0 Å². The van der Waals surface area contributed by atoms with Crippen LogP contribution in [0.3, 0.4) is 0 Å². The Morgan fingerprint density at radius 3 is 2.53 bits per heavy atom. The van der Waals surface area contributed by atoms with E-state index in [0.717, 1.165) is 46.7 Å². The van der Waals surface area contributed by atoms with Gasteiger partial charge < -0.3 is 25.6 Å². The molecule has 0 bridgehead atoms. The number of nitrogens with two attached hydrogens (primary N) is 1. The number of anilines is 1. The minimum absolute atomic E-state index is 0.257. The van der Waals surface area contributed by atoms with Gasteiger partial charge in [0.2, 0.25) is 0 Å². The Balaban J connectivity index is 1.41. The summed E-state index contributed by atoms with van der Waals surface area (Å²) in [4.78, 5) is 19.7. The molecule has 4 rings (SSSR count). The molecule has 4 N–H and O–H groups in total. The number of carboxylic acids is 1. The molecule has 0 saturated heterocycles. The van der Waals surface area contributed by atoms with E-state index in [1.165, 1.54) is 19.2 Å². The van der Waals surface area contributed by atoms with Gasteiger partial charge in [0.05, 0.1) is 18.9 Å². The zero-order valence-corrected chi connectivity index (χ0v) is 19.2. The maximum Gasteiger partial charge on any atom is 0.320 e. The molecule has 0 radical (unpaired) electrons. The van der Waals surface area contributed by atoms with Gasteiger partial charge in [0.15, 0.2) is 11.5 Å². The largest absolute Gasteiger partial charge is 0.493 e. The first kappa shape index (κ1) is 23.5. The Morgan fingerprint density at radius 2 is 1.82 bits per heavy atom. The van der Waals surface area contributed by atoms with Gasteiger partial charge in [-0.25, -0.2) is 9.97 Å². The Morgan fingerprint density at radius 1 is 1.09 bits per heavy atom. The second-order valence-electron chi connectivity index (χ2n) is 8.50. The number of carboxylic acid groups (broad SMARTS) is 1. The van der Waals surface area contributed by atoms with Crippen molar-refractivity contribution < 1.29 is 19.4 Å². The van der Waals surface area contributed by atoms with Gasteiger partial charge >= 0.3 is 5.97 Å². The van der Waals surface area contributed by atoms with Crippen molar-refractivity contribution in [1.29, 1.82) is 0 Å². The molecule has 178 valence electrons. The highest BCUT2D eigenvalue weighted by Gasteiger charge is 2.18. The van der Waals surface area contributed by atoms with Crippen molar-refractivity contribution in [2.75, 3.05) is 12.4 Å². The molecule has 0 amide bonds. The quantitative estimate of drug-likeness (QED) is 0.413. The average molecular weight is 463 g/mol. The van der Waals surface area contributed by atoms with E-state index in [1.807, 2.05) is 48.5 Å². The van der Waals surface area contributed by atoms with E-state index >= 15 is 0 Å². The second kappa shape index (κ2) is 11.0. The monoisotopic (exact) mass is 462 g/mol. The van der Waals surface area contributed by atoms with Crippen molar-refractivity contribution in [3.8, 4) is 22.8 Å². The third kappa shape index (κ3) is 6.02. The predicted molar refractivity (Wildman–Crippen MR) is 130 cm³/mol. The molecule has 8 heteroatoms. The average Bonchev–Trinajstić information content (AvgIpc) is 3.36. The summed E-state index contributed by atoms with van der Waals surface area (Å²) in [6.45, 7) is 0.577. The standard InChI is InChI=1S/C26H30N4O4/c1-33-23-11-8-18(13-24(23)34-20-4-2-3-5-20)15-28-25-14-22(29-16-30-25)19-9-6-17(7-10-19)12-21(27)26(31)32/h6-11,13-14,16,20-21H,2-5,12,15,27H2,1H3,(H,31,32)(H,28,29,30)/t21-/m0/s1. The fourth-order valence-electron chi connectivity index (χ4n) is 4.07. The molecule has 1 aliphatic rings. The molecule has 1 heterocycles. The van der Waals surface area contributed by atoms with E-state index in [2.05, 4.69) is 15.3 Å². The van der Waals surface area contributed by atoms with Gasteiger partial charge in [0, 0.05) is 18.2 Å². The first-order valence-electron chi connectivity index (χ1n) is 11.5. The van der Waals surface area contributed by atoms with Crippen LogP contribution in [-0.4, -0.2) is 40.3 Å². The van der Waals surface area contributed by atoms with Gasteiger partial charge in [-0.1, -0.05) is 30.3 Å². The lowest BCUT2D eigenvalue weighted by Crippen LogP contribution is -2.32. The van der Waals surface area contributed by atoms with Crippen LogP contribution in [0.1, 0.15) is 36.8 Å². The minimum atomic E-state index is -1.01. The molecule has 0 unspecified atom stereocenters. The van der Waals surface area contributed by atoms with Crippen LogP contribution < -0.4 is 20.5 Å². The molecule has 1 saturated carbocycles. The van der Waals surface area contributed by atoms with E-state index in [-0.39, 0.29) is 12.5 Å². The van der Waals surface area contributed by atoms with Crippen molar-refractivity contribution >= 4 is 11.8 Å². The van der Waals surface area contributed by atoms with E-state index in [4.69, 9.17) is 20.3 Å². The maximum absolute atomic E-state index is 11.0. The van der Waals surface area contributed by atoms with Crippen LogP contribution >= 0.6 is 0 Å². The summed E-state index contributed by atoms with van der Waals surface area (Å²) in [6, 6.07) is 14.5. The third-order valence-corrected chi connectivity index (χ3v) is 5.99. The number of methoxy groups -OCH3 is 1. The third-order valence-electron chi connectivity index (χ3n) is 5.99. The summed E-state index contributed by atoms with van der Waals surface area (Å²) in [5, 5.41) is 12.3. The molecule has 34 heavy (non-hydrogen) atoms. The van der Waals surface area contributed by atoms with E-state index in [0.29, 0.717) is 12.4 Å². The summed E-state index contributed by atoms with van der Waals surface area (Å²) in [5.74, 6) is 1.22. The predicted octanol–water partition coefficient (Wildman–Crippen LogP) is 4.04. The molecule has 3 aromatic rings. The number of ether oxygens (including phenoxy) is 2. The van der Waals surface area contributed by atoms with Crippen molar-refractivity contribution in [3.05, 3.63) is 66.0 Å². The Bertz CT molecular complexity index is 1110. The molecular formula is C26H30N4O4. The molecule has 0 spiro atoms. The molecule has 1 aliphatic carbocycles. The first-order chi connectivity index (χ1) is 16.5. The lowest BCUT2D eigenvalue weighted by Gasteiger charge is -2.17. The van der Waals surface area contributed by atoms with Crippen LogP contribution in [0.2, 0.25) is 0 Å². The van der Waals surface area contributed by atoms with E-state index < -0.39 is 12.0 Å². The van der Waals surface area contributed by atoms with Gasteiger partial charge in [0.25, 0.3) is 0 Å². The van der Waals surface area contributed by atoms with Crippen LogP contribution in [0.25, 0.3) is 11.3 Å². The van der Waals surface area contributed by atoms with E-state index in [9.17, 15) is 4.79 Å². The zero-order valence-electron chi connectivity index (χ0n) is 19.2. The second-order valence-corrected chi connectivity index (χ2v) is 8.50. The molecule has 1 atom stereocenters. The highest BCUT2D eigenvalue weighted by molar-refractivity contribution is 5.73. The molecule has 1 fully saturated rings. The summed E-state index contributed by atoms with van der Waals surface area (Å²) in [7, 11) is 1.66. The maximum atomic E-state index is 11.0. The first-order valence-corrected chi connectivity index (χ1v) is 11.5. The van der Waals surface area contributed by atoms with Crippen LogP contribution in [-0.2, 0) is 17.8 Å². The van der Waals surface area contributed by atoms with E-state index in [1.54, 1.807) is 7.11 Å². The molecule has 2 aromatic carbocycles. The highest BCUT2D eigenvalue weighted by Crippen LogP contribution is 2.32. The number of hydrogen-bond donors (Lipinski definition) is 3. The number of aliphatic carboxylic acids is 1. The summed E-state index contributed by atoms with van der Waals surface area (Å²) >= 11 is 0. The van der Waals surface area contributed by atoms with Crippen molar-refractivity contribution in [3.63, 3.8) is 0 Å². The number of rotatable bonds is 10. The van der Waals surface area contributed by atoms with Crippen molar-refractivity contribution in [1.82, 2.24) is 9.97 Å². The lowest BCUT2D eigenvalue weighted by atomic mass is 10.0. The van der Waals surface area contributed by atoms with Crippen LogP contribution in [0.4, 0.5) is 5.82 Å². The highest BCUT2D eigenvalue weighted by atomic mass is 16.5. The van der Waals surface area contributed by atoms with Crippen LogP contribution in [0.5, 0.6) is 11.5 Å². The number of nitrogens with one attached hydrogen (secondary N) is 1. The number of benzene rings is 2. The Hall–Kier alpha value is -3.65. The van der Waals surface area contributed by atoms with Crippen LogP contribution in [0, 0.1) is 0 Å². The molecular weight excluding hydrogens is 432 g/mol. The van der Waals surface area contributed by atoms with Gasteiger partial charge in [-0.05, 0) is 55.4 Å². The topological polar surface area (TPSA) is 120 Å². The van der Waals surface area contributed by atoms with Gasteiger partial charge in [0.1, 0.15) is 18.2 Å². The van der Waals surface area contributed by atoms with Crippen molar-refractivity contribution in [2.45, 2.75) is 50.8 Å². The lowest BCUT2D eigenvalue weighted by molar-refractivity contribution is -0.138. The molecule has 1 aromatic heterocycles. The smallest absolute Gasteiger partial charge is 0.320 e. The van der Waals surface area contributed by atoms with Gasteiger partial charge in [-0.2, -0.15) is 0 Å². The number of carbonyl (C=O) groups is 1.